The van der Waals surface area contributed by atoms with Crippen molar-refractivity contribution >= 4 is 17.0 Å². The average Bonchev–Trinajstić information content (AvgIpc) is 2.86. The molecule has 0 aliphatic carbocycles. The Balaban J connectivity index is 0.00000133. The topological polar surface area (TPSA) is 78.9 Å². The molecule has 5 nitrogen and oxygen atoms in total. The van der Waals surface area contributed by atoms with Gasteiger partial charge in [-0.05, 0) is 17.2 Å². The first-order chi connectivity index (χ1) is 8.77. The second kappa shape index (κ2) is 5.36. The number of rotatable bonds is 2. The van der Waals surface area contributed by atoms with Gasteiger partial charge in [-0.25, -0.2) is 4.79 Å². The summed E-state index contributed by atoms with van der Waals surface area (Å²) < 4.78 is 0. The molecule has 19 heavy (non-hydrogen) atoms. The van der Waals surface area contributed by atoms with E-state index >= 15 is 0 Å². The fraction of sp³-hybridized carbons (Fsp3) is 0. The summed E-state index contributed by atoms with van der Waals surface area (Å²) in [7, 11) is 0. The number of aromatic carboxylic acids is 1. The van der Waals surface area contributed by atoms with Gasteiger partial charge < -0.3 is 5.11 Å². The molecule has 1 heterocycles. The third-order valence-electron chi connectivity index (χ3n) is 2.79. The van der Waals surface area contributed by atoms with Gasteiger partial charge in [-0.15, -0.1) is 0 Å². The van der Waals surface area contributed by atoms with E-state index in [2.05, 4.69) is 15.4 Å². The van der Waals surface area contributed by atoms with Crippen molar-refractivity contribution in [3.63, 3.8) is 0 Å². The van der Waals surface area contributed by atoms with Gasteiger partial charge in [0.15, 0.2) is 0 Å². The molecule has 2 aromatic carbocycles. The van der Waals surface area contributed by atoms with E-state index in [1.165, 1.54) is 0 Å². The van der Waals surface area contributed by atoms with E-state index in [-0.39, 0.29) is 27.9 Å². The molecular formula is C13H9AgN3O2+. The zero-order chi connectivity index (χ0) is 12.5. The third kappa shape index (κ3) is 2.31. The number of aromatic nitrogens is 3. The predicted molar refractivity (Wildman–Crippen MR) is 66.3 cm³/mol. The van der Waals surface area contributed by atoms with Gasteiger partial charge >= 0.3 is 28.3 Å². The van der Waals surface area contributed by atoms with Crippen molar-refractivity contribution < 1.29 is 32.3 Å². The van der Waals surface area contributed by atoms with Crippen LogP contribution in [0, 0.1) is 0 Å². The van der Waals surface area contributed by atoms with Gasteiger partial charge in [0.2, 0.25) is 0 Å². The van der Waals surface area contributed by atoms with E-state index in [9.17, 15) is 9.90 Å². The number of nitrogens with one attached hydrogen (secondary N) is 1. The molecule has 0 saturated carbocycles. The molecule has 3 aromatic rings. The van der Waals surface area contributed by atoms with Crippen molar-refractivity contribution in [1.82, 2.24) is 15.4 Å². The molecule has 0 unspecified atom stereocenters. The van der Waals surface area contributed by atoms with Crippen LogP contribution < -0.4 is 0 Å². The minimum Gasteiger partial charge on any atom is -0.478 e. The SMILES string of the molecule is O=C(O)c1c(-c2ccccc2)ccc2n[nH]nc12.[Ag+]. The second-order valence-electron chi connectivity index (χ2n) is 3.85. The van der Waals surface area contributed by atoms with E-state index in [1.54, 1.807) is 12.1 Å². The smallest absolute Gasteiger partial charge is 0.478 e. The largest absolute Gasteiger partial charge is 1.00 e. The summed E-state index contributed by atoms with van der Waals surface area (Å²) in [6.07, 6.45) is 0. The van der Waals surface area contributed by atoms with Crippen LogP contribution in [0.4, 0.5) is 0 Å². The number of benzene rings is 2. The van der Waals surface area contributed by atoms with Gasteiger partial charge in [0.25, 0.3) is 0 Å². The predicted octanol–water partition coefficient (Wildman–Crippen LogP) is 2.32. The van der Waals surface area contributed by atoms with Crippen molar-refractivity contribution in [3.05, 3.63) is 48.0 Å². The number of carboxylic acid groups (broad SMARTS) is 1. The maximum Gasteiger partial charge on any atom is 1.00 e. The van der Waals surface area contributed by atoms with Gasteiger partial charge in [-0.3, -0.25) is 0 Å². The van der Waals surface area contributed by atoms with Gasteiger partial charge in [-0.2, -0.15) is 15.4 Å². The monoisotopic (exact) mass is 346 g/mol. The van der Waals surface area contributed by atoms with Crippen LogP contribution in [0.15, 0.2) is 42.5 Å². The molecule has 0 spiro atoms. The number of carboxylic acids is 1. The van der Waals surface area contributed by atoms with E-state index < -0.39 is 5.97 Å². The summed E-state index contributed by atoms with van der Waals surface area (Å²) in [5.74, 6) is -1.01. The maximum atomic E-state index is 11.4. The van der Waals surface area contributed by atoms with E-state index in [0.717, 1.165) is 5.56 Å². The number of carbonyl (C=O) groups is 1. The number of fused-ring (bicyclic) bond motifs is 1. The Labute approximate surface area is 124 Å². The Morgan fingerprint density at radius 3 is 2.47 bits per heavy atom. The summed E-state index contributed by atoms with van der Waals surface area (Å²) in [6, 6.07) is 12.9. The van der Waals surface area contributed by atoms with E-state index in [1.807, 2.05) is 30.3 Å². The normalized spacial score (nSPS) is 10.1. The van der Waals surface area contributed by atoms with Crippen LogP contribution in [0.2, 0.25) is 0 Å². The summed E-state index contributed by atoms with van der Waals surface area (Å²) in [6.45, 7) is 0. The Bertz CT molecular complexity index is 725. The summed E-state index contributed by atoms with van der Waals surface area (Å²) in [5.41, 5.74) is 2.59. The molecule has 0 atom stereocenters. The molecule has 6 heteroatoms. The molecule has 0 bridgehead atoms. The molecule has 0 radical (unpaired) electrons. The summed E-state index contributed by atoms with van der Waals surface area (Å²) in [5, 5.41) is 19.6. The van der Waals surface area contributed by atoms with Crippen LogP contribution in [-0.4, -0.2) is 26.5 Å². The molecule has 0 amide bonds. The number of H-pyrrole nitrogens is 1. The number of nitrogens with zero attached hydrogens (tertiary/aromatic N) is 2. The first-order valence-electron chi connectivity index (χ1n) is 5.39. The maximum absolute atomic E-state index is 11.4. The van der Waals surface area contributed by atoms with Crippen molar-refractivity contribution in [1.29, 1.82) is 0 Å². The van der Waals surface area contributed by atoms with Gasteiger partial charge in [0.05, 0.1) is 5.56 Å². The fourth-order valence-corrected chi connectivity index (χ4v) is 1.99. The fourth-order valence-electron chi connectivity index (χ4n) is 1.99. The van der Waals surface area contributed by atoms with Gasteiger partial charge in [0, 0.05) is 0 Å². The van der Waals surface area contributed by atoms with Crippen molar-refractivity contribution in [2.75, 3.05) is 0 Å². The molecule has 2 N–H and O–H groups in total. The minimum absolute atomic E-state index is 0. The van der Waals surface area contributed by atoms with E-state index in [4.69, 9.17) is 0 Å². The number of hydrogen-bond donors (Lipinski definition) is 2. The Morgan fingerprint density at radius 2 is 1.79 bits per heavy atom. The molecular weight excluding hydrogens is 338 g/mol. The molecule has 0 aliphatic rings. The second-order valence-corrected chi connectivity index (χ2v) is 3.85. The molecule has 0 aliphatic heterocycles. The van der Waals surface area contributed by atoms with Crippen LogP contribution in [0.25, 0.3) is 22.2 Å². The molecule has 0 saturated heterocycles. The van der Waals surface area contributed by atoms with Crippen molar-refractivity contribution in [3.8, 4) is 11.1 Å². The van der Waals surface area contributed by atoms with Crippen molar-refractivity contribution in [2.24, 2.45) is 0 Å². The summed E-state index contributed by atoms with van der Waals surface area (Å²) >= 11 is 0. The van der Waals surface area contributed by atoms with Crippen LogP contribution in [-0.2, 0) is 22.4 Å². The molecule has 1 aromatic heterocycles. The number of aromatic amines is 1. The van der Waals surface area contributed by atoms with Gasteiger partial charge in [0.1, 0.15) is 11.0 Å². The molecule has 3 rings (SSSR count). The van der Waals surface area contributed by atoms with Crippen molar-refractivity contribution in [2.45, 2.75) is 0 Å². The number of hydrogen-bond acceptors (Lipinski definition) is 3. The Kier molecular flexibility index (Phi) is 3.80. The standard InChI is InChI=1S/C13H9N3O2.Ag/c17-13(18)11-9(8-4-2-1-3-5-8)6-7-10-12(11)15-16-14-10;/h1-7H,(H,17,18)(H,14,15,16);/q;+1. The first kappa shape index (κ1) is 13.5. The van der Waals surface area contributed by atoms with Crippen LogP contribution in [0.3, 0.4) is 0 Å². The first-order valence-corrected chi connectivity index (χ1v) is 5.39. The zero-order valence-electron chi connectivity index (χ0n) is 9.59. The average molecular weight is 347 g/mol. The molecule has 98 valence electrons. The van der Waals surface area contributed by atoms with Crippen LogP contribution in [0.5, 0.6) is 0 Å². The zero-order valence-corrected chi connectivity index (χ0v) is 11.1. The van der Waals surface area contributed by atoms with E-state index in [0.29, 0.717) is 16.6 Å². The van der Waals surface area contributed by atoms with Crippen LogP contribution in [0.1, 0.15) is 10.4 Å². The minimum atomic E-state index is -1.01. The Hall–Kier alpha value is -1.95. The van der Waals surface area contributed by atoms with Gasteiger partial charge in [-0.1, -0.05) is 36.4 Å². The molecule has 0 fully saturated rings. The van der Waals surface area contributed by atoms with Crippen LogP contribution >= 0.6 is 0 Å². The Morgan fingerprint density at radius 1 is 1.05 bits per heavy atom. The third-order valence-corrected chi connectivity index (χ3v) is 2.79. The summed E-state index contributed by atoms with van der Waals surface area (Å²) in [4.78, 5) is 11.4. The quantitative estimate of drug-likeness (QED) is 0.698.